The number of nitrogens with one attached hydrogen (secondary N) is 1. The predicted molar refractivity (Wildman–Crippen MR) is 99.9 cm³/mol. The maximum atomic E-state index is 12.8. The Bertz CT molecular complexity index is 955. The Balaban J connectivity index is 1.56. The molecular weight excluding hydrogens is 383 g/mol. The number of carbonyl (C=O) groups is 1. The van der Waals surface area contributed by atoms with Crippen molar-refractivity contribution in [1.29, 1.82) is 0 Å². The Morgan fingerprint density at radius 1 is 1.10 bits per heavy atom. The van der Waals surface area contributed by atoms with Crippen molar-refractivity contribution < 1.29 is 22.5 Å². The first kappa shape index (κ1) is 20.6. The van der Waals surface area contributed by atoms with Gasteiger partial charge in [0.15, 0.2) is 5.82 Å². The van der Waals surface area contributed by atoms with E-state index in [4.69, 9.17) is 4.52 Å². The summed E-state index contributed by atoms with van der Waals surface area (Å²) in [6, 6.07) is 14.6. The lowest BCUT2D eigenvalue weighted by molar-refractivity contribution is -0.137. The highest BCUT2D eigenvalue weighted by molar-refractivity contribution is 5.77. The van der Waals surface area contributed by atoms with E-state index in [0.717, 1.165) is 17.7 Å². The van der Waals surface area contributed by atoms with Crippen molar-refractivity contribution >= 4 is 5.91 Å². The molecule has 0 fully saturated rings. The summed E-state index contributed by atoms with van der Waals surface area (Å²) in [7, 11) is 0. The van der Waals surface area contributed by atoms with Crippen LogP contribution in [0.3, 0.4) is 0 Å². The highest BCUT2D eigenvalue weighted by atomic mass is 19.4. The predicted octanol–water partition coefficient (Wildman–Crippen LogP) is 4.29. The molecule has 8 heteroatoms. The normalized spacial score (nSPS) is 12.6. The van der Waals surface area contributed by atoms with E-state index in [1.54, 1.807) is 13.0 Å². The molecule has 1 atom stereocenters. The molecule has 0 radical (unpaired) electrons. The summed E-state index contributed by atoms with van der Waals surface area (Å²) in [5.74, 6) is -0.00595. The minimum Gasteiger partial charge on any atom is -0.352 e. The van der Waals surface area contributed by atoms with Gasteiger partial charge in [0, 0.05) is 12.5 Å². The molecule has 0 unspecified atom stereocenters. The maximum absolute atomic E-state index is 12.8. The van der Waals surface area contributed by atoms with Crippen molar-refractivity contribution in [2.24, 2.45) is 0 Å². The maximum Gasteiger partial charge on any atom is 0.416 e. The highest BCUT2D eigenvalue weighted by Gasteiger charge is 2.30. The monoisotopic (exact) mass is 403 g/mol. The van der Waals surface area contributed by atoms with Gasteiger partial charge >= 0.3 is 6.18 Å². The number of hydrogen-bond donors (Lipinski definition) is 1. The van der Waals surface area contributed by atoms with E-state index in [1.807, 2.05) is 30.3 Å². The average Bonchev–Trinajstić information content (AvgIpc) is 3.15. The Hall–Kier alpha value is -3.16. The SMILES string of the molecule is C[C@H](Cc1cccc(C(F)(F)F)c1)c1nc(CC(=O)NCc2ccccc2)no1. The van der Waals surface area contributed by atoms with E-state index in [2.05, 4.69) is 15.5 Å². The smallest absolute Gasteiger partial charge is 0.352 e. The van der Waals surface area contributed by atoms with Gasteiger partial charge in [-0.05, 0) is 23.6 Å². The van der Waals surface area contributed by atoms with Crippen molar-refractivity contribution in [3.8, 4) is 0 Å². The number of halogens is 3. The fourth-order valence-corrected chi connectivity index (χ4v) is 2.86. The molecule has 0 saturated carbocycles. The first-order valence-electron chi connectivity index (χ1n) is 9.10. The number of nitrogens with zero attached hydrogens (tertiary/aromatic N) is 2. The van der Waals surface area contributed by atoms with Crippen LogP contribution in [0.5, 0.6) is 0 Å². The van der Waals surface area contributed by atoms with Gasteiger partial charge in [-0.2, -0.15) is 18.2 Å². The van der Waals surface area contributed by atoms with Crippen molar-refractivity contribution in [3.05, 3.63) is 83.0 Å². The summed E-state index contributed by atoms with van der Waals surface area (Å²) >= 11 is 0. The van der Waals surface area contributed by atoms with Gasteiger partial charge in [0.25, 0.3) is 0 Å². The van der Waals surface area contributed by atoms with Crippen molar-refractivity contribution in [2.45, 2.75) is 38.4 Å². The van der Waals surface area contributed by atoms with Crippen molar-refractivity contribution in [2.75, 3.05) is 0 Å². The zero-order chi connectivity index (χ0) is 20.9. The molecule has 0 aliphatic rings. The lowest BCUT2D eigenvalue weighted by atomic mass is 9.99. The third kappa shape index (κ3) is 5.91. The van der Waals surface area contributed by atoms with Gasteiger partial charge in [-0.15, -0.1) is 0 Å². The van der Waals surface area contributed by atoms with E-state index < -0.39 is 11.7 Å². The summed E-state index contributed by atoms with van der Waals surface area (Å²) in [5.41, 5.74) is 0.806. The number of benzene rings is 2. The van der Waals surface area contributed by atoms with Crippen LogP contribution in [0.15, 0.2) is 59.1 Å². The van der Waals surface area contributed by atoms with Crippen molar-refractivity contribution in [1.82, 2.24) is 15.5 Å². The standard InChI is InChI=1S/C21H20F3N3O2/c1-14(10-16-8-5-9-17(11-16)21(22,23)24)20-26-18(27-29-20)12-19(28)25-13-15-6-3-2-4-7-15/h2-9,11,14H,10,12-13H2,1H3,(H,25,28)/t14-/m1/s1. The molecule has 5 nitrogen and oxygen atoms in total. The summed E-state index contributed by atoms with van der Waals surface area (Å²) in [6.07, 6.45) is -4.11. The Labute approximate surface area is 165 Å². The lowest BCUT2D eigenvalue weighted by Crippen LogP contribution is -2.25. The van der Waals surface area contributed by atoms with E-state index in [-0.39, 0.29) is 30.0 Å². The molecule has 3 rings (SSSR count). The molecule has 0 bridgehead atoms. The van der Waals surface area contributed by atoms with Crippen LogP contribution >= 0.6 is 0 Å². The molecule has 1 amide bonds. The zero-order valence-electron chi connectivity index (χ0n) is 15.7. The Morgan fingerprint density at radius 2 is 1.83 bits per heavy atom. The quantitative estimate of drug-likeness (QED) is 0.639. The number of aromatic nitrogens is 2. The second-order valence-corrected chi connectivity index (χ2v) is 6.79. The molecule has 3 aromatic rings. The minimum absolute atomic E-state index is 0.0351. The average molecular weight is 403 g/mol. The molecule has 1 heterocycles. The molecule has 29 heavy (non-hydrogen) atoms. The van der Waals surface area contributed by atoms with Crippen LogP contribution < -0.4 is 5.32 Å². The summed E-state index contributed by atoms with van der Waals surface area (Å²) in [5, 5.41) is 6.58. The molecule has 0 spiro atoms. The third-order valence-corrected chi connectivity index (χ3v) is 4.35. The molecule has 1 aromatic heterocycles. The first-order valence-corrected chi connectivity index (χ1v) is 9.10. The van der Waals surface area contributed by atoms with Crippen LogP contribution in [0.4, 0.5) is 13.2 Å². The second-order valence-electron chi connectivity index (χ2n) is 6.79. The number of carbonyl (C=O) groups excluding carboxylic acids is 1. The van der Waals surface area contributed by atoms with Gasteiger partial charge in [-0.1, -0.05) is 60.6 Å². The van der Waals surface area contributed by atoms with Crippen LogP contribution in [0, 0.1) is 0 Å². The second kappa shape index (κ2) is 8.89. The lowest BCUT2D eigenvalue weighted by Gasteiger charge is -2.10. The number of amides is 1. The molecule has 0 aliphatic carbocycles. The molecule has 2 aromatic carbocycles. The van der Waals surface area contributed by atoms with Crippen LogP contribution in [0.1, 0.15) is 41.2 Å². The zero-order valence-corrected chi connectivity index (χ0v) is 15.7. The fourth-order valence-electron chi connectivity index (χ4n) is 2.86. The third-order valence-electron chi connectivity index (χ3n) is 4.35. The van der Waals surface area contributed by atoms with E-state index in [9.17, 15) is 18.0 Å². The van der Waals surface area contributed by atoms with E-state index in [1.165, 1.54) is 6.07 Å². The van der Waals surface area contributed by atoms with Crippen LogP contribution in [-0.2, 0) is 30.4 Å². The number of alkyl halides is 3. The highest BCUT2D eigenvalue weighted by Crippen LogP contribution is 2.30. The van der Waals surface area contributed by atoms with Gasteiger partial charge in [0.2, 0.25) is 11.8 Å². The van der Waals surface area contributed by atoms with Gasteiger partial charge in [-0.3, -0.25) is 4.79 Å². The van der Waals surface area contributed by atoms with Gasteiger partial charge in [-0.25, -0.2) is 0 Å². The van der Waals surface area contributed by atoms with Crippen LogP contribution in [0.25, 0.3) is 0 Å². The van der Waals surface area contributed by atoms with Gasteiger partial charge < -0.3 is 9.84 Å². The Morgan fingerprint density at radius 3 is 2.55 bits per heavy atom. The number of rotatable bonds is 7. The molecule has 1 N–H and O–H groups in total. The van der Waals surface area contributed by atoms with Crippen LogP contribution in [-0.4, -0.2) is 16.0 Å². The van der Waals surface area contributed by atoms with E-state index in [0.29, 0.717) is 18.5 Å². The topological polar surface area (TPSA) is 68.0 Å². The van der Waals surface area contributed by atoms with Crippen molar-refractivity contribution in [3.63, 3.8) is 0 Å². The van der Waals surface area contributed by atoms with Crippen LogP contribution in [0.2, 0.25) is 0 Å². The summed E-state index contributed by atoms with van der Waals surface area (Å²) < 4.78 is 43.7. The molecular formula is C21H20F3N3O2. The molecule has 0 aliphatic heterocycles. The molecule has 0 saturated heterocycles. The minimum atomic E-state index is -4.38. The summed E-state index contributed by atoms with van der Waals surface area (Å²) in [6.45, 7) is 2.18. The van der Waals surface area contributed by atoms with Gasteiger partial charge in [0.05, 0.1) is 12.0 Å². The largest absolute Gasteiger partial charge is 0.416 e. The van der Waals surface area contributed by atoms with Gasteiger partial charge in [0.1, 0.15) is 0 Å². The van der Waals surface area contributed by atoms with E-state index >= 15 is 0 Å². The Kier molecular flexibility index (Phi) is 6.31. The summed E-state index contributed by atoms with van der Waals surface area (Å²) in [4.78, 5) is 16.3. The molecule has 152 valence electrons. The fraction of sp³-hybridized carbons (Fsp3) is 0.286. The first-order chi connectivity index (χ1) is 13.8. The number of hydrogen-bond acceptors (Lipinski definition) is 4.